The number of benzene rings is 3. The van der Waals surface area contributed by atoms with Gasteiger partial charge in [-0.2, -0.15) is 0 Å². The molecule has 0 spiro atoms. The Bertz CT molecular complexity index is 1860. The van der Waals surface area contributed by atoms with Gasteiger partial charge in [-0.15, -0.1) is 0 Å². The zero-order chi connectivity index (χ0) is 30.1. The molecule has 0 amide bonds. The van der Waals surface area contributed by atoms with E-state index in [1.807, 2.05) is 30.5 Å². The average molecular weight is 595 g/mol. The third-order valence-corrected chi connectivity index (χ3v) is 7.19. The Morgan fingerprint density at radius 3 is 2.16 bits per heavy atom. The summed E-state index contributed by atoms with van der Waals surface area (Å²) >= 11 is 0. The van der Waals surface area contributed by atoms with Crippen LogP contribution in [0.25, 0.3) is 44.7 Å². The van der Waals surface area contributed by atoms with Crippen molar-refractivity contribution in [2.75, 3.05) is 0 Å². The van der Waals surface area contributed by atoms with Gasteiger partial charge in [0.25, 0.3) is 5.56 Å². The van der Waals surface area contributed by atoms with E-state index in [1.165, 1.54) is 47.0 Å². The summed E-state index contributed by atoms with van der Waals surface area (Å²) in [6.45, 7) is 3.81. The van der Waals surface area contributed by atoms with Crippen LogP contribution in [0.2, 0.25) is 0 Å². The number of aromatic nitrogens is 2. The molecule has 2 heterocycles. The maximum absolute atomic E-state index is 14.4. The van der Waals surface area contributed by atoms with Crippen LogP contribution in [0.15, 0.2) is 83.7 Å². The summed E-state index contributed by atoms with van der Waals surface area (Å²) in [5, 5.41) is 32.8. The number of fused-ring (bicyclic) bond motifs is 3. The Morgan fingerprint density at radius 2 is 1.56 bits per heavy atom. The van der Waals surface area contributed by atoms with Crippen LogP contribution < -0.4 is 40.2 Å². The molecule has 0 unspecified atom stereocenters. The summed E-state index contributed by atoms with van der Waals surface area (Å²) in [5.74, 6) is -2.29. The van der Waals surface area contributed by atoms with Crippen molar-refractivity contribution in [2.24, 2.45) is 0 Å². The molecule has 0 bridgehead atoms. The Balaban J connectivity index is 0.00000423. The van der Waals surface area contributed by atoms with Gasteiger partial charge in [0.1, 0.15) is 17.2 Å². The molecule has 2 aromatic heterocycles. The Labute approximate surface area is 268 Å². The summed E-state index contributed by atoms with van der Waals surface area (Å²) < 4.78 is 31.2. The molecule has 0 aliphatic carbocycles. The van der Waals surface area contributed by atoms with Crippen LogP contribution in [0.5, 0.6) is 0 Å². The summed E-state index contributed by atoms with van der Waals surface area (Å²) in [6, 6.07) is 18.6. The van der Waals surface area contributed by atoms with Gasteiger partial charge in [-0.05, 0) is 68.0 Å². The number of pyridine rings is 1. The molecule has 0 radical (unpaired) electrons. The van der Waals surface area contributed by atoms with Gasteiger partial charge in [0.15, 0.2) is 0 Å². The van der Waals surface area contributed by atoms with Crippen LogP contribution >= 0.6 is 0 Å². The van der Waals surface area contributed by atoms with Gasteiger partial charge in [-0.3, -0.25) is 9.36 Å². The van der Waals surface area contributed by atoms with Crippen LogP contribution in [0.4, 0.5) is 8.78 Å². The van der Waals surface area contributed by atoms with Gasteiger partial charge >= 0.3 is 29.6 Å². The van der Waals surface area contributed by atoms with E-state index < -0.39 is 36.2 Å². The normalized spacial score (nSPS) is 13.1. The quantitative estimate of drug-likeness (QED) is 0.253. The topological polar surface area (TPSA) is 108 Å². The number of hydrogen-bond donors (Lipinski definition) is 2. The summed E-state index contributed by atoms with van der Waals surface area (Å²) in [6.07, 6.45) is -0.309. The molecule has 0 fully saturated rings. The molecule has 0 saturated carbocycles. The zero-order valence-corrected chi connectivity index (χ0v) is 26.0. The van der Waals surface area contributed by atoms with Crippen LogP contribution in [0.1, 0.15) is 38.4 Å². The second-order valence-corrected chi connectivity index (χ2v) is 10.5. The number of carboxylic acids is 1. The Hall–Kier alpha value is -3.60. The molecule has 7 nitrogen and oxygen atoms in total. The molecule has 216 valence electrons. The number of hydrogen-bond acceptors (Lipinski definition) is 5. The predicted octanol–water partition coefficient (Wildman–Crippen LogP) is 1.74. The van der Waals surface area contributed by atoms with Crippen molar-refractivity contribution in [3.8, 4) is 16.8 Å². The first-order chi connectivity index (χ1) is 20.1. The fourth-order valence-electron chi connectivity index (χ4n) is 5.47. The van der Waals surface area contributed by atoms with E-state index in [-0.39, 0.29) is 47.6 Å². The van der Waals surface area contributed by atoms with Crippen LogP contribution in [0, 0.1) is 11.6 Å². The number of aliphatic hydroxyl groups is 2. The Kier molecular flexibility index (Phi) is 10.0. The van der Waals surface area contributed by atoms with E-state index in [0.717, 1.165) is 5.39 Å². The standard InChI is InChI=1S/C33H30F2N2O5.Na/c1-19(2)36-28(16-15-24(38)17-25(39)18-29(40)41)30(20-7-9-21(34)10-8-20)31-26-5-3-4-6-27(26)37(33(42)32(31)36)23-13-11-22(35)12-14-23;/h3-16,19,24-25,38-39H,17-18H2,1-2H3,(H,40,41);/q;+1/p-1/t24-,25+;/m0./s1. The predicted molar refractivity (Wildman–Crippen MR) is 156 cm³/mol. The third kappa shape index (κ3) is 6.51. The summed E-state index contributed by atoms with van der Waals surface area (Å²) in [5.41, 5.74) is 2.91. The number of para-hydroxylation sites is 1. The van der Waals surface area contributed by atoms with Gasteiger partial charge in [-0.1, -0.05) is 36.4 Å². The van der Waals surface area contributed by atoms with Gasteiger partial charge in [0.05, 0.1) is 17.7 Å². The van der Waals surface area contributed by atoms with Gasteiger partial charge in [0.2, 0.25) is 0 Å². The minimum absolute atomic E-state index is 0. The molecule has 0 aliphatic heterocycles. The van der Waals surface area contributed by atoms with E-state index in [2.05, 4.69) is 0 Å². The fourth-order valence-corrected chi connectivity index (χ4v) is 5.47. The van der Waals surface area contributed by atoms with E-state index in [4.69, 9.17) is 0 Å². The number of halogens is 2. The van der Waals surface area contributed by atoms with Crippen LogP contribution in [-0.2, 0) is 4.79 Å². The number of carboxylic acid groups (broad SMARTS) is 1. The number of carbonyl (C=O) groups is 1. The maximum Gasteiger partial charge on any atom is 1.00 e. The van der Waals surface area contributed by atoms with E-state index in [9.17, 15) is 33.7 Å². The van der Waals surface area contributed by atoms with Crippen LogP contribution in [-0.4, -0.2) is 37.5 Å². The first-order valence-electron chi connectivity index (χ1n) is 13.5. The number of nitrogens with zero attached hydrogens (tertiary/aromatic N) is 2. The molecule has 2 atom stereocenters. The molecule has 3 aromatic carbocycles. The van der Waals surface area contributed by atoms with Crippen molar-refractivity contribution >= 4 is 33.9 Å². The van der Waals surface area contributed by atoms with Crippen molar-refractivity contribution < 1.29 is 58.5 Å². The van der Waals surface area contributed by atoms with Crippen molar-refractivity contribution in [3.05, 3.63) is 107 Å². The van der Waals surface area contributed by atoms with Crippen molar-refractivity contribution in [1.82, 2.24) is 9.13 Å². The molecular weight excluding hydrogens is 565 g/mol. The van der Waals surface area contributed by atoms with Crippen molar-refractivity contribution in [1.29, 1.82) is 0 Å². The van der Waals surface area contributed by atoms with Crippen molar-refractivity contribution in [3.63, 3.8) is 0 Å². The monoisotopic (exact) mass is 594 g/mol. The summed E-state index contributed by atoms with van der Waals surface area (Å²) in [7, 11) is 0. The minimum Gasteiger partial charge on any atom is -0.550 e. The van der Waals surface area contributed by atoms with Gasteiger partial charge in [-0.25, -0.2) is 8.78 Å². The maximum atomic E-state index is 14.4. The van der Waals surface area contributed by atoms with E-state index in [0.29, 0.717) is 38.9 Å². The van der Waals surface area contributed by atoms with Crippen molar-refractivity contribution in [2.45, 2.75) is 44.9 Å². The number of carbonyl (C=O) groups excluding carboxylic acids is 1. The molecular formula is C33H29F2N2NaO5. The molecule has 5 rings (SSSR count). The van der Waals surface area contributed by atoms with Gasteiger partial charge in [0, 0.05) is 52.6 Å². The molecule has 10 heteroatoms. The summed E-state index contributed by atoms with van der Waals surface area (Å²) in [4.78, 5) is 25.3. The largest absolute Gasteiger partial charge is 1.00 e. The van der Waals surface area contributed by atoms with Gasteiger partial charge < -0.3 is 24.7 Å². The average Bonchev–Trinajstić information content (AvgIpc) is 3.29. The van der Waals surface area contributed by atoms with E-state index >= 15 is 0 Å². The second kappa shape index (κ2) is 13.4. The minimum atomic E-state index is -1.43. The fraction of sp³-hybridized carbons (Fsp3) is 0.212. The second-order valence-electron chi connectivity index (χ2n) is 10.5. The number of aliphatic hydroxyl groups excluding tert-OH is 2. The molecule has 5 aromatic rings. The Morgan fingerprint density at radius 1 is 0.953 bits per heavy atom. The SMILES string of the molecule is CC(C)n1c(C=C[C@H](O)C[C@@H](O)CC(=O)[O-])c(-c2ccc(F)cc2)c2c3ccccc3n(-c3ccc(F)cc3)c(=O)c21.[Na+]. The molecule has 0 aliphatic rings. The molecule has 2 N–H and O–H groups in total. The molecule has 43 heavy (non-hydrogen) atoms. The number of aliphatic carboxylic acids is 1. The smallest absolute Gasteiger partial charge is 0.550 e. The molecule has 0 saturated heterocycles. The first kappa shape index (κ1) is 32.3. The van der Waals surface area contributed by atoms with Crippen LogP contribution in [0.3, 0.4) is 0 Å². The van der Waals surface area contributed by atoms with E-state index in [1.54, 1.807) is 30.3 Å². The first-order valence-corrected chi connectivity index (χ1v) is 13.5. The zero-order valence-electron chi connectivity index (χ0n) is 24.0. The number of rotatable bonds is 9. The third-order valence-electron chi connectivity index (χ3n) is 7.19.